The number of imidazole rings is 1. The monoisotopic (exact) mass is 365 g/mol. The maximum Gasteiger partial charge on any atom is 0.273 e. The standard InChI is InChI=1S/C19H23N7O/c20-15-5-7-16(8-6-15)26-12-17(23-24-26)19(27)22-11-14-3-1-2-4-18(14)25-10-9-21-13-25/h1-4,9-10,12-13,15-16H,5-8,11,20H2,(H,22,27). The van der Waals surface area contributed by atoms with Crippen LogP contribution >= 0.6 is 0 Å². The van der Waals surface area contributed by atoms with Gasteiger partial charge >= 0.3 is 0 Å². The molecular formula is C19H23N7O. The van der Waals surface area contributed by atoms with E-state index < -0.39 is 0 Å². The minimum Gasteiger partial charge on any atom is -0.346 e. The van der Waals surface area contributed by atoms with Gasteiger partial charge in [-0.05, 0) is 37.3 Å². The van der Waals surface area contributed by atoms with E-state index in [1.165, 1.54) is 0 Å². The van der Waals surface area contributed by atoms with Gasteiger partial charge in [0, 0.05) is 25.0 Å². The van der Waals surface area contributed by atoms with Crippen molar-refractivity contribution >= 4 is 5.91 Å². The molecule has 1 fully saturated rings. The molecule has 3 N–H and O–H groups in total. The van der Waals surface area contributed by atoms with Gasteiger partial charge < -0.3 is 15.6 Å². The SMILES string of the molecule is NC1CCC(n2cc(C(=O)NCc3ccccc3-n3ccnc3)nn2)CC1. The van der Waals surface area contributed by atoms with Crippen molar-refractivity contribution < 1.29 is 4.79 Å². The van der Waals surface area contributed by atoms with Crippen LogP contribution < -0.4 is 11.1 Å². The number of rotatable bonds is 5. The third-order valence-corrected chi connectivity index (χ3v) is 5.07. The molecule has 3 aromatic rings. The average Bonchev–Trinajstić information content (AvgIpc) is 3.39. The van der Waals surface area contributed by atoms with E-state index in [-0.39, 0.29) is 18.0 Å². The second-order valence-electron chi connectivity index (χ2n) is 6.93. The Balaban J connectivity index is 1.41. The summed E-state index contributed by atoms with van der Waals surface area (Å²) in [6, 6.07) is 8.45. The van der Waals surface area contributed by atoms with E-state index in [1.807, 2.05) is 35.0 Å². The first-order chi connectivity index (χ1) is 13.2. The lowest BCUT2D eigenvalue weighted by molar-refractivity contribution is 0.0946. The molecule has 1 aromatic carbocycles. The molecule has 8 nitrogen and oxygen atoms in total. The van der Waals surface area contributed by atoms with Gasteiger partial charge in [-0.25, -0.2) is 9.67 Å². The first-order valence-corrected chi connectivity index (χ1v) is 9.22. The number of benzene rings is 1. The number of nitrogens with zero attached hydrogens (tertiary/aromatic N) is 5. The summed E-state index contributed by atoms with van der Waals surface area (Å²) in [5.41, 5.74) is 8.27. The van der Waals surface area contributed by atoms with Crippen LogP contribution in [0.15, 0.2) is 49.2 Å². The van der Waals surface area contributed by atoms with Gasteiger partial charge in [-0.1, -0.05) is 23.4 Å². The van der Waals surface area contributed by atoms with Crippen LogP contribution in [0.4, 0.5) is 0 Å². The van der Waals surface area contributed by atoms with Crippen molar-refractivity contribution in [1.82, 2.24) is 29.9 Å². The summed E-state index contributed by atoms with van der Waals surface area (Å²) >= 11 is 0. The molecule has 0 spiro atoms. The largest absolute Gasteiger partial charge is 0.346 e. The van der Waals surface area contributed by atoms with Gasteiger partial charge in [0.2, 0.25) is 0 Å². The first kappa shape index (κ1) is 17.4. The zero-order valence-corrected chi connectivity index (χ0v) is 15.0. The van der Waals surface area contributed by atoms with Crippen molar-refractivity contribution in [3.8, 4) is 5.69 Å². The van der Waals surface area contributed by atoms with Crippen LogP contribution in [-0.2, 0) is 6.54 Å². The van der Waals surface area contributed by atoms with Gasteiger partial charge in [0.25, 0.3) is 5.91 Å². The number of carbonyl (C=O) groups is 1. The quantitative estimate of drug-likeness (QED) is 0.718. The number of nitrogens with two attached hydrogens (primary N) is 1. The minimum absolute atomic E-state index is 0.228. The number of amides is 1. The lowest BCUT2D eigenvalue weighted by atomic mass is 9.92. The van der Waals surface area contributed by atoms with Crippen LogP contribution in [0, 0.1) is 0 Å². The van der Waals surface area contributed by atoms with Crippen molar-refractivity contribution in [3.63, 3.8) is 0 Å². The van der Waals surface area contributed by atoms with Crippen molar-refractivity contribution in [2.24, 2.45) is 5.73 Å². The second-order valence-corrected chi connectivity index (χ2v) is 6.93. The lowest BCUT2D eigenvalue weighted by Gasteiger charge is -2.25. The fourth-order valence-corrected chi connectivity index (χ4v) is 3.51. The Hall–Kier alpha value is -3.00. The Morgan fingerprint density at radius 3 is 2.81 bits per heavy atom. The van der Waals surface area contributed by atoms with Crippen LogP contribution in [0.3, 0.4) is 0 Å². The van der Waals surface area contributed by atoms with Crippen molar-refractivity contribution in [2.45, 2.75) is 44.3 Å². The number of hydrogen-bond donors (Lipinski definition) is 2. The minimum atomic E-state index is -0.228. The van der Waals surface area contributed by atoms with Gasteiger partial charge in [-0.3, -0.25) is 4.79 Å². The number of para-hydroxylation sites is 1. The van der Waals surface area contributed by atoms with Gasteiger partial charge in [-0.15, -0.1) is 5.10 Å². The van der Waals surface area contributed by atoms with E-state index in [2.05, 4.69) is 20.6 Å². The molecule has 2 aromatic heterocycles. The Labute approximate surface area is 157 Å². The maximum atomic E-state index is 12.5. The predicted octanol–water partition coefficient (Wildman–Crippen LogP) is 1.84. The highest BCUT2D eigenvalue weighted by Gasteiger charge is 2.22. The van der Waals surface area contributed by atoms with E-state index in [4.69, 9.17) is 5.73 Å². The van der Waals surface area contributed by atoms with Gasteiger partial charge in [0.05, 0.1) is 24.3 Å². The lowest BCUT2D eigenvalue weighted by Crippen LogP contribution is -2.28. The van der Waals surface area contributed by atoms with E-state index in [1.54, 1.807) is 23.4 Å². The summed E-state index contributed by atoms with van der Waals surface area (Å²) in [4.78, 5) is 16.6. The first-order valence-electron chi connectivity index (χ1n) is 9.22. The molecule has 0 aliphatic heterocycles. The molecule has 4 rings (SSSR count). The highest BCUT2D eigenvalue weighted by Crippen LogP contribution is 2.26. The maximum absolute atomic E-state index is 12.5. The molecule has 8 heteroatoms. The molecule has 0 bridgehead atoms. The number of carbonyl (C=O) groups excluding carboxylic acids is 1. The zero-order valence-electron chi connectivity index (χ0n) is 15.0. The Morgan fingerprint density at radius 2 is 2.04 bits per heavy atom. The Bertz CT molecular complexity index is 894. The summed E-state index contributed by atoms with van der Waals surface area (Å²) in [5, 5.41) is 11.1. The summed E-state index contributed by atoms with van der Waals surface area (Å²) in [5.74, 6) is -0.228. The Kier molecular flexibility index (Phi) is 4.97. The third kappa shape index (κ3) is 3.90. The van der Waals surface area contributed by atoms with Gasteiger partial charge in [-0.2, -0.15) is 0 Å². The molecular weight excluding hydrogens is 342 g/mol. The molecule has 27 heavy (non-hydrogen) atoms. The normalized spacial score (nSPS) is 19.7. The zero-order chi connectivity index (χ0) is 18.6. The number of aromatic nitrogens is 5. The van der Waals surface area contributed by atoms with E-state index in [9.17, 15) is 4.79 Å². The van der Waals surface area contributed by atoms with Crippen LogP contribution in [-0.4, -0.2) is 36.5 Å². The average molecular weight is 365 g/mol. The summed E-state index contributed by atoms with van der Waals surface area (Å²) in [7, 11) is 0. The fraction of sp³-hybridized carbons (Fsp3) is 0.368. The topological polar surface area (TPSA) is 104 Å². The molecule has 0 atom stereocenters. The van der Waals surface area contributed by atoms with Gasteiger partial charge in [0.1, 0.15) is 0 Å². The Morgan fingerprint density at radius 1 is 1.22 bits per heavy atom. The van der Waals surface area contributed by atoms with E-state index >= 15 is 0 Å². The van der Waals surface area contributed by atoms with Crippen LogP contribution in [0.2, 0.25) is 0 Å². The van der Waals surface area contributed by atoms with Crippen LogP contribution in [0.5, 0.6) is 0 Å². The molecule has 2 heterocycles. The molecule has 0 unspecified atom stereocenters. The number of nitrogens with one attached hydrogen (secondary N) is 1. The summed E-state index contributed by atoms with van der Waals surface area (Å²) in [6.45, 7) is 0.401. The third-order valence-electron chi connectivity index (χ3n) is 5.07. The summed E-state index contributed by atoms with van der Waals surface area (Å²) < 4.78 is 3.73. The molecule has 140 valence electrons. The van der Waals surface area contributed by atoms with E-state index in [0.717, 1.165) is 36.9 Å². The second kappa shape index (κ2) is 7.71. The van der Waals surface area contributed by atoms with Crippen molar-refractivity contribution in [2.75, 3.05) is 0 Å². The van der Waals surface area contributed by atoms with Crippen LogP contribution in [0.25, 0.3) is 5.69 Å². The van der Waals surface area contributed by atoms with Crippen molar-refractivity contribution in [1.29, 1.82) is 0 Å². The fourth-order valence-electron chi connectivity index (χ4n) is 3.51. The van der Waals surface area contributed by atoms with Crippen LogP contribution in [0.1, 0.15) is 47.8 Å². The smallest absolute Gasteiger partial charge is 0.273 e. The highest BCUT2D eigenvalue weighted by molar-refractivity contribution is 5.91. The van der Waals surface area contributed by atoms with Gasteiger partial charge in [0.15, 0.2) is 5.69 Å². The van der Waals surface area contributed by atoms with E-state index in [0.29, 0.717) is 12.2 Å². The molecule has 1 saturated carbocycles. The highest BCUT2D eigenvalue weighted by atomic mass is 16.2. The molecule has 1 aliphatic carbocycles. The molecule has 0 saturated heterocycles. The van der Waals surface area contributed by atoms with Crippen molar-refractivity contribution in [3.05, 3.63) is 60.4 Å². The molecule has 1 aliphatic rings. The molecule has 1 amide bonds. The summed E-state index contributed by atoms with van der Waals surface area (Å²) in [6.07, 6.45) is 11.0. The predicted molar refractivity (Wildman–Crippen MR) is 100 cm³/mol. The molecule has 0 radical (unpaired) electrons. The number of hydrogen-bond acceptors (Lipinski definition) is 5.